The summed E-state index contributed by atoms with van der Waals surface area (Å²) in [4.78, 5) is 14.1. The van der Waals surface area contributed by atoms with Crippen LogP contribution < -0.4 is 14.8 Å². The summed E-state index contributed by atoms with van der Waals surface area (Å²) >= 11 is 0. The van der Waals surface area contributed by atoms with Gasteiger partial charge in [0.1, 0.15) is 5.75 Å². The second-order valence-electron chi connectivity index (χ2n) is 5.90. The summed E-state index contributed by atoms with van der Waals surface area (Å²) in [6.45, 7) is 3.85. The van der Waals surface area contributed by atoms with Crippen molar-refractivity contribution in [2.45, 2.75) is 20.0 Å². The Morgan fingerprint density at radius 3 is 2.35 bits per heavy atom. The number of rotatable bonds is 9. The molecule has 2 aromatic rings. The zero-order chi connectivity index (χ0) is 18.9. The zero-order valence-corrected chi connectivity index (χ0v) is 15.4. The number of ether oxygens (including phenoxy) is 2. The summed E-state index contributed by atoms with van der Waals surface area (Å²) < 4.78 is 23.8. The molecule has 6 heteroatoms. The van der Waals surface area contributed by atoms with E-state index in [9.17, 15) is 9.18 Å². The van der Waals surface area contributed by atoms with Gasteiger partial charge in [-0.3, -0.25) is 9.69 Å². The topological polar surface area (TPSA) is 50.8 Å². The van der Waals surface area contributed by atoms with Crippen molar-refractivity contribution in [2.75, 3.05) is 27.3 Å². The van der Waals surface area contributed by atoms with E-state index in [4.69, 9.17) is 9.47 Å². The maximum atomic E-state index is 13.8. The third-order valence-corrected chi connectivity index (χ3v) is 4.09. The Morgan fingerprint density at radius 1 is 1.08 bits per heavy atom. The number of benzene rings is 2. The molecule has 2 aromatic carbocycles. The van der Waals surface area contributed by atoms with Crippen LogP contribution in [0.2, 0.25) is 0 Å². The maximum absolute atomic E-state index is 13.8. The monoisotopic (exact) mass is 360 g/mol. The standard InChI is InChI=1S/C20H25FN2O3/c1-4-23(13-16-7-10-19(26-3)18(21)11-16)14-20(24)22-12-15-5-8-17(25-2)9-6-15/h5-11H,4,12-14H2,1-3H3,(H,22,24). The summed E-state index contributed by atoms with van der Waals surface area (Å²) in [6.07, 6.45) is 0. The van der Waals surface area contributed by atoms with Gasteiger partial charge in [0, 0.05) is 13.1 Å². The molecular formula is C20H25FN2O3. The molecule has 0 unspecified atom stereocenters. The van der Waals surface area contributed by atoms with Crippen molar-refractivity contribution in [1.82, 2.24) is 10.2 Å². The average Bonchev–Trinajstić information content (AvgIpc) is 2.66. The van der Waals surface area contributed by atoms with Crippen molar-refractivity contribution >= 4 is 5.91 Å². The van der Waals surface area contributed by atoms with Crippen LogP contribution in [-0.4, -0.2) is 38.1 Å². The van der Waals surface area contributed by atoms with Crippen LogP contribution in [0.25, 0.3) is 0 Å². The summed E-state index contributed by atoms with van der Waals surface area (Å²) in [6, 6.07) is 12.4. The van der Waals surface area contributed by atoms with E-state index in [1.807, 2.05) is 36.1 Å². The number of hydrogen-bond acceptors (Lipinski definition) is 4. The molecule has 5 nitrogen and oxygen atoms in total. The third kappa shape index (κ3) is 5.74. The number of nitrogens with one attached hydrogen (secondary N) is 1. The second kappa shape index (κ2) is 9.77. The molecule has 0 saturated heterocycles. The Morgan fingerprint density at radius 2 is 1.77 bits per heavy atom. The average molecular weight is 360 g/mol. The van der Waals surface area contributed by atoms with Crippen molar-refractivity contribution in [3.63, 3.8) is 0 Å². The molecule has 0 saturated carbocycles. The lowest BCUT2D eigenvalue weighted by molar-refractivity contribution is -0.122. The first-order chi connectivity index (χ1) is 12.5. The molecule has 26 heavy (non-hydrogen) atoms. The van der Waals surface area contributed by atoms with Gasteiger partial charge in [0.25, 0.3) is 0 Å². The minimum Gasteiger partial charge on any atom is -0.497 e. The van der Waals surface area contributed by atoms with Gasteiger partial charge < -0.3 is 14.8 Å². The summed E-state index contributed by atoms with van der Waals surface area (Å²) in [5, 5.41) is 2.90. The molecule has 0 spiro atoms. The Labute approximate surface area is 153 Å². The lowest BCUT2D eigenvalue weighted by Crippen LogP contribution is -2.36. The van der Waals surface area contributed by atoms with Gasteiger partial charge in [-0.25, -0.2) is 4.39 Å². The largest absolute Gasteiger partial charge is 0.497 e. The highest BCUT2D eigenvalue weighted by molar-refractivity contribution is 5.78. The first-order valence-corrected chi connectivity index (χ1v) is 8.50. The van der Waals surface area contributed by atoms with Gasteiger partial charge in [0.05, 0.1) is 20.8 Å². The molecule has 0 aromatic heterocycles. The minimum absolute atomic E-state index is 0.0725. The SMILES string of the molecule is CCN(CC(=O)NCc1ccc(OC)cc1)Cc1ccc(OC)c(F)c1. The molecule has 1 N–H and O–H groups in total. The fourth-order valence-corrected chi connectivity index (χ4v) is 2.55. The van der Waals surface area contributed by atoms with Crippen molar-refractivity contribution < 1.29 is 18.7 Å². The Balaban J connectivity index is 1.85. The van der Waals surface area contributed by atoms with E-state index < -0.39 is 5.82 Å². The van der Waals surface area contributed by atoms with E-state index >= 15 is 0 Å². The van der Waals surface area contributed by atoms with Crippen LogP contribution in [0.5, 0.6) is 11.5 Å². The number of carbonyl (C=O) groups is 1. The van der Waals surface area contributed by atoms with Crippen LogP contribution in [0.4, 0.5) is 4.39 Å². The van der Waals surface area contributed by atoms with E-state index in [2.05, 4.69) is 5.32 Å². The van der Waals surface area contributed by atoms with Gasteiger partial charge in [-0.1, -0.05) is 25.1 Å². The molecule has 0 heterocycles. The molecule has 0 radical (unpaired) electrons. The highest BCUT2D eigenvalue weighted by Gasteiger charge is 2.11. The minimum atomic E-state index is -0.398. The summed E-state index contributed by atoms with van der Waals surface area (Å²) in [5.41, 5.74) is 1.80. The van der Waals surface area contributed by atoms with E-state index in [-0.39, 0.29) is 18.2 Å². The first-order valence-electron chi connectivity index (χ1n) is 8.50. The van der Waals surface area contributed by atoms with Gasteiger partial charge in [-0.15, -0.1) is 0 Å². The van der Waals surface area contributed by atoms with Crippen LogP contribution in [0, 0.1) is 5.82 Å². The van der Waals surface area contributed by atoms with E-state index in [0.29, 0.717) is 19.6 Å². The van der Waals surface area contributed by atoms with Gasteiger partial charge >= 0.3 is 0 Å². The van der Waals surface area contributed by atoms with E-state index in [0.717, 1.165) is 16.9 Å². The number of carbonyl (C=O) groups excluding carboxylic acids is 1. The molecule has 0 atom stereocenters. The normalized spacial score (nSPS) is 10.7. The smallest absolute Gasteiger partial charge is 0.234 e. The van der Waals surface area contributed by atoms with Crippen molar-refractivity contribution in [1.29, 1.82) is 0 Å². The number of hydrogen-bond donors (Lipinski definition) is 1. The maximum Gasteiger partial charge on any atom is 0.234 e. The molecule has 2 rings (SSSR count). The van der Waals surface area contributed by atoms with Crippen molar-refractivity contribution in [3.05, 3.63) is 59.4 Å². The zero-order valence-electron chi connectivity index (χ0n) is 15.4. The summed E-state index contributed by atoms with van der Waals surface area (Å²) in [7, 11) is 3.05. The van der Waals surface area contributed by atoms with E-state index in [1.54, 1.807) is 19.2 Å². The van der Waals surface area contributed by atoms with Crippen molar-refractivity contribution in [3.8, 4) is 11.5 Å². The second-order valence-corrected chi connectivity index (χ2v) is 5.90. The molecule has 0 aliphatic carbocycles. The molecule has 140 valence electrons. The van der Waals surface area contributed by atoms with Crippen LogP contribution in [0.15, 0.2) is 42.5 Å². The molecule has 0 fully saturated rings. The lowest BCUT2D eigenvalue weighted by atomic mass is 10.2. The highest BCUT2D eigenvalue weighted by atomic mass is 19.1. The fraction of sp³-hybridized carbons (Fsp3) is 0.350. The fourth-order valence-electron chi connectivity index (χ4n) is 2.55. The van der Waals surface area contributed by atoms with Gasteiger partial charge in [-0.2, -0.15) is 0 Å². The Hall–Kier alpha value is -2.60. The summed E-state index contributed by atoms with van der Waals surface area (Å²) in [5.74, 6) is 0.527. The van der Waals surface area contributed by atoms with Gasteiger partial charge in [0.2, 0.25) is 5.91 Å². The van der Waals surface area contributed by atoms with Crippen LogP contribution in [0.1, 0.15) is 18.1 Å². The molecule has 1 amide bonds. The van der Waals surface area contributed by atoms with Crippen LogP contribution >= 0.6 is 0 Å². The van der Waals surface area contributed by atoms with Crippen molar-refractivity contribution in [2.24, 2.45) is 0 Å². The highest BCUT2D eigenvalue weighted by Crippen LogP contribution is 2.18. The predicted octanol–water partition coefficient (Wildman–Crippen LogP) is 2.98. The number of amides is 1. The van der Waals surface area contributed by atoms with Crippen LogP contribution in [-0.2, 0) is 17.9 Å². The quantitative estimate of drug-likeness (QED) is 0.747. The Bertz CT molecular complexity index is 719. The Kier molecular flexibility index (Phi) is 7.41. The number of methoxy groups -OCH3 is 2. The predicted molar refractivity (Wildman–Crippen MR) is 98.7 cm³/mol. The van der Waals surface area contributed by atoms with Crippen LogP contribution in [0.3, 0.4) is 0 Å². The molecule has 0 bridgehead atoms. The molecule has 0 aliphatic rings. The number of likely N-dealkylation sites (N-methyl/N-ethyl adjacent to an activating group) is 1. The number of halogens is 1. The number of nitrogens with zero attached hydrogens (tertiary/aromatic N) is 1. The molecular weight excluding hydrogens is 335 g/mol. The third-order valence-electron chi connectivity index (χ3n) is 4.09. The lowest BCUT2D eigenvalue weighted by Gasteiger charge is -2.20. The first kappa shape index (κ1) is 19.7. The molecule has 0 aliphatic heterocycles. The van der Waals surface area contributed by atoms with Gasteiger partial charge in [-0.05, 0) is 41.9 Å². The van der Waals surface area contributed by atoms with Gasteiger partial charge in [0.15, 0.2) is 11.6 Å². The van der Waals surface area contributed by atoms with E-state index in [1.165, 1.54) is 13.2 Å².